The Hall–Kier alpha value is -2.07. The van der Waals surface area contributed by atoms with E-state index in [0.717, 1.165) is 16.9 Å². The number of nitrogens with one attached hydrogen (secondary N) is 1. The largest absolute Gasteiger partial charge is 0.496 e. The van der Waals surface area contributed by atoms with Crippen LogP contribution in [0.15, 0.2) is 42.5 Å². The summed E-state index contributed by atoms with van der Waals surface area (Å²) < 4.78 is 10.5. The number of rotatable bonds is 8. The van der Waals surface area contributed by atoms with Gasteiger partial charge in [-0.05, 0) is 19.1 Å². The first-order chi connectivity index (χ1) is 9.63. The number of benzene rings is 1. The Morgan fingerprint density at radius 2 is 2.15 bits per heavy atom. The number of hydrogen-bond acceptors (Lipinski definition) is 3. The van der Waals surface area contributed by atoms with E-state index < -0.39 is 0 Å². The van der Waals surface area contributed by atoms with Crippen LogP contribution in [-0.4, -0.2) is 32.8 Å². The fourth-order valence-electron chi connectivity index (χ4n) is 1.52. The first-order valence-corrected chi connectivity index (χ1v) is 6.44. The molecule has 0 aliphatic heterocycles. The molecule has 20 heavy (non-hydrogen) atoms. The van der Waals surface area contributed by atoms with E-state index in [0.29, 0.717) is 19.8 Å². The fourth-order valence-corrected chi connectivity index (χ4v) is 1.52. The Bertz CT molecular complexity index is 480. The molecule has 108 valence electrons. The molecule has 0 heterocycles. The molecule has 1 amide bonds. The molecule has 1 aromatic rings. The lowest BCUT2D eigenvalue weighted by Gasteiger charge is -2.05. The molecule has 0 aliphatic carbocycles. The summed E-state index contributed by atoms with van der Waals surface area (Å²) in [4.78, 5) is 11.6. The first-order valence-electron chi connectivity index (χ1n) is 6.44. The molecule has 0 aromatic heterocycles. The Kier molecular flexibility index (Phi) is 7.14. The molecule has 1 rings (SSSR count). The molecule has 0 saturated carbocycles. The molecule has 0 saturated heterocycles. The second-order valence-electron chi connectivity index (χ2n) is 4.38. The smallest absolute Gasteiger partial charge is 0.244 e. The third-order valence-corrected chi connectivity index (χ3v) is 2.45. The van der Waals surface area contributed by atoms with Crippen LogP contribution in [0.1, 0.15) is 12.5 Å². The van der Waals surface area contributed by atoms with Gasteiger partial charge < -0.3 is 14.8 Å². The molecule has 1 N–H and O–H groups in total. The molecule has 0 radical (unpaired) electrons. The molecule has 0 fully saturated rings. The Morgan fingerprint density at radius 3 is 2.85 bits per heavy atom. The lowest BCUT2D eigenvalue weighted by molar-refractivity contribution is -0.116. The monoisotopic (exact) mass is 275 g/mol. The van der Waals surface area contributed by atoms with Crippen molar-refractivity contribution in [3.63, 3.8) is 0 Å². The standard InChI is InChI=1S/C16H21NO3/c1-13(2)12-20-11-10-17-16(18)9-8-14-6-4-5-7-15(14)19-3/h4-9H,1,10-12H2,2-3H3,(H,17,18)/b9-8+. The van der Waals surface area contributed by atoms with Gasteiger partial charge in [-0.2, -0.15) is 0 Å². The van der Waals surface area contributed by atoms with Crippen molar-refractivity contribution in [3.8, 4) is 5.75 Å². The second kappa shape index (κ2) is 8.93. The minimum Gasteiger partial charge on any atom is -0.496 e. The van der Waals surface area contributed by atoms with Gasteiger partial charge in [-0.1, -0.05) is 30.4 Å². The molecule has 0 aliphatic rings. The maximum atomic E-state index is 11.6. The van der Waals surface area contributed by atoms with Gasteiger partial charge in [-0.25, -0.2) is 0 Å². The fraction of sp³-hybridized carbons (Fsp3) is 0.312. The van der Waals surface area contributed by atoms with Crippen molar-refractivity contribution in [1.29, 1.82) is 0 Å². The zero-order chi connectivity index (χ0) is 14.8. The summed E-state index contributed by atoms with van der Waals surface area (Å²) in [7, 11) is 1.60. The SMILES string of the molecule is C=C(C)COCCNC(=O)/C=C/c1ccccc1OC. The lowest BCUT2D eigenvalue weighted by Crippen LogP contribution is -2.25. The number of carbonyl (C=O) groups is 1. The summed E-state index contributed by atoms with van der Waals surface area (Å²) in [6.45, 7) is 7.10. The average molecular weight is 275 g/mol. The molecule has 4 heteroatoms. The van der Waals surface area contributed by atoms with Crippen molar-refractivity contribution in [2.75, 3.05) is 26.9 Å². The minimum atomic E-state index is -0.158. The number of methoxy groups -OCH3 is 1. The van der Waals surface area contributed by atoms with Crippen molar-refractivity contribution in [2.45, 2.75) is 6.92 Å². The van der Waals surface area contributed by atoms with E-state index in [1.54, 1.807) is 13.2 Å². The minimum absolute atomic E-state index is 0.158. The number of ether oxygens (including phenoxy) is 2. The Balaban J connectivity index is 2.34. The highest BCUT2D eigenvalue weighted by Gasteiger charge is 1.99. The molecule has 0 atom stereocenters. The zero-order valence-corrected chi connectivity index (χ0v) is 12.0. The topological polar surface area (TPSA) is 47.6 Å². The van der Waals surface area contributed by atoms with Crippen LogP contribution in [0.2, 0.25) is 0 Å². The maximum absolute atomic E-state index is 11.6. The van der Waals surface area contributed by atoms with Gasteiger partial charge in [0.05, 0.1) is 20.3 Å². The first kappa shape index (κ1) is 16.0. The van der Waals surface area contributed by atoms with E-state index in [1.807, 2.05) is 31.2 Å². The number of hydrogen-bond donors (Lipinski definition) is 1. The highest BCUT2D eigenvalue weighted by Crippen LogP contribution is 2.18. The van der Waals surface area contributed by atoms with Crippen LogP contribution in [0, 0.1) is 0 Å². The van der Waals surface area contributed by atoms with E-state index in [2.05, 4.69) is 11.9 Å². The summed E-state index contributed by atoms with van der Waals surface area (Å²) in [5.74, 6) is 0.580. The van der Waals surface area contributed by atoms with Gasteiger partial charge in [-0.15, -0.1) is 0 Å². The molecule has 0 spiro atoms. The van der Waals surface area contributed by atoms with Crippen molar-refractivity contribution in [3.05, 3.63) is 48.1 Å². The van der Waals surface area contributed by atoms with Crippen LogP contribution in [-0.2, 0) is 9.53 Å². The van der Waals surface area contributed by atoms with Gasteiger partial charge in [0, 0.05) is 18.2 Å². The summed E-state index contributed by atoms with van der Waals surface area (Å²) in [6, 6.07) is 7.52. The summed E-state index contributed by atoms with van der Waals surface area (Å²) in [5, 5.41) is 2.74. The number of amides is 1. The zero-order valence-electron chi connectivity index (χ0n) is 12.0. The second-order valence-corrected chi connectivity index (χ2v) is 4.38. The van der Waals surface area contributed by atoms with Gasteiger partial charge >= 0.3 is 0 Å². The van der Waals surface area contributed by atoms with Crippen molar-refractivity contribution < 1.29 is 14.3 Å². The molecule has 0 unspecified atom stereocenters. The molecular formula is C16H21NO3. The van der Waals surface area contributed by atoms with Crippen LogP contribution < -0.4 is 10.1 Å². The van der Waals surface area contributed by atoms with Gasteiger partial charge in [0.2, 0.25) is 5.91 Å². The number of para-hydroxylation sites is 1. The van der Waals surface area contributed by atoms with E-state index in [1.165, 1.54) is 6.08 Å². The average Bonchev–Trinajstić information content (AvgIpc) is 2.44. The Labute approximate surface area is 120 Å². The Morgan fingerprint density at radius 1 is 1.40 bits per heavy atom. The molecule has 0 bridgehead atoms. The quantitative estimate of drug-likeness (QED) is 0.450. The lowest BCUT2D eigenvalue weighted by atomic mass is 10.2. The van der Waals surface area contributed by atoms with Crippen LogP contribution >= 0.6 is 0 Å². The van der Waals surface area contributed by atoms with E-state index in [-0.39, 0.29) is 5.91 Å². The van der Waals surface area contributed by atoms with Crippen LogP contribution in [0.3, 0.4) is 0 Å². The highest BCUT2D eigenvalue weighted by atomic mass is 16.5. The van der Waals surface area contributed by atoms with Crippen molar-refractivity contribution in [1.82, 2.24) is 5.32 Å². The highest BCUT2D eigenvalue weighted by molar-refractivity contribution is 5.92. The summed E-state index contributed by atoms with van der Waals surface area (Å²) in [5.41, 5.74) is 1.83. The normalized spacial score (nSPS) is 10.5. The van der Waals surface area contributed by atoms with Gasteiger partial charge in [0.1, 0.15) is 5.75 Å². The molecule has 1 aromatic carbocycles. The maximum Gasteiger partial charge on any atom is 0.244 e. The number of carbonyl (C=O) groups excluding carboxylic acids is 1. The van der Waals surface area contributed by atoms with Gasteiger partial charge in [0.15, 0.2) is 0 Å². The predicted octanol–water partition coefficient (Wildman–Crippen LogP) is 2.42. The van der Waals surface area contributed by atoms with Crippen LogP contribution in [0.4, 0.5) is 0 Å². The summed E-state index contributed by atoms with van der Waals surface area (Å²) >= 11 is 0. The third kappa shape index (κ3) is 6.20. The molecular weight excluding hydrogens is 254 g/mol. The van der Waals surface area contributed by atoms with Crippen molar-refractivity contribution in [2.24, 2.45) is 0 Å². The van der Waals surface area contributed by atoms with E-state index >= 15 is 0 Å². The van der Waals surface area contributed by atoms with Crippen LogP contribution in [0.5, 0.6) is 5.75 Å². The van der Waals surface area contributed by atoms with E-state index in [9.17, 15) is 4.79 Å². The molecule has 4 nitrogen and oxygen atoms in total. The predicted molar refractivity (Wildman–Crippen MR) is 80.7 cm³/mol. The van der Waals surface area contributed by atoms with Crippen molar-refractivity contribution >= 4 is 12.0 Å². The summed E-state index contributed by atoms with van der Waals surface area (Å²) in [6.07, 6.45) is 3.21. The van der Waals surface area contributed by atoms with Crippen LogP contribution in [0.25, 0.3) is 6.08 Å². The van der Waals surface area contributed by atoms with Gasteiger partial charge in [0.25, 0.3) is 0 Å². The van der Waals surface area contributed by atoms with E-state index in [4.69, 9.17) is 9.47 Å². The van der Waals surface area contributed by atoms with Gasteiger partial charge in [-0.3, -0.25) is 4.79 Å². The third-order valence-electron chi connectivity index (χ3n) is 2.45.